The number of nitrogens with one attached hydrogen (secondary N) is 1. The van der Waals surface area contributed by atoms with Crippen LogP contribution in [-0.4, -0.2) is 35.2 Å². The minimum atomic E-state index is -0.848. The highest BCUT2D eigenvalue weighted by atomic mass is 35.5. The molecule has 0 aromatic heterocycles. The second-order valence-corrected chi connectivity index (χ2v) is 8.37. The van der Waals surface area contributed by atoms with E-state index in [2.05, 4.69) is 5.32 Å². The summed E-state index contributed by atoms with van der Waals surface area (Å²) in [6, 6.07) is 14.8. The van der Waals surface area contributed by atoms with Crippen LogP contribution in [0.3, 0.4) is 0 Å². The lowest BCUT2D eigenvalue weighted by Gasteiger charge is -2.32. The van der Waals surface area contributed by atoms with Crippen molar-refractivity contribution in [2.45, 2.75) is 57.0 Å². The first-order valence-electron chi connectivity index (χ1n) is 11.0. The van der Waals surface area contributed by atoms with Crippen molar-refractivity contribution >= 4 is 23.4 Å². The normalized spacial score (nSPS) is 15.7. The highest BCUT2D eigenvalue weighted by Crippen LogP contribution is 2.25. The Morgan fingerprint density at radius 2 is 1.65 bits per heavy atom. The molecule has 1 fully saturated rings. The smallest absolute Gasteiger partial charge is 0.247 e. The van der Waals surface area contributed by atoms with Crippen molar-refractivity contribution in [2.24, 2.45) is 0 Å². The topological polar surface area (TPSA) is 49.4 Å². The van der Waals surface area contributed by atoms with E-state index in [1.165, 1.54) is 29.9 Å². The molecule has 0 saturated heterocycles. The molecule has 0 heterocycles. The molecular formula is C25H30ClFN2O2. The quantitative estimate of drug-likeness (QED) is 0.459. The van der Waals surface area contributed by atoms with E-state index in [0.717, 1.165) is 31.2 Å². The highest BCUT2D eigenvalue weighted by Gasteiger charge is 2.32. The number of benzene rings is 2. The number of carbonyl (C=O) groups is 2. The van der Waals surface area contributed by atoms with Crippen molar-refractivity contribution in [1.82, 2.24) is 10.2 Å². The van der Waals surface area contributed by atoms with Crippen molar-refractivity contribution in [3.05, 3.63) is 71.5 Å². The first-order chi connectivity index (χ1) is 15.1. The van der Waals surface area contributed by atoms with Gasteiger partial charge in [-0.2, -0.15) is 0 Å². The van der Waals surface area contributed by atoms with Gasteiger partial charge in [0.15, 0.2) is 0 Å². The summed E-state index contributed by atoms with van der Waals surface area (Å²) < 4.78 is 13.6. The zero-order valence-electron chi connectivity index (χ0n) is 17.7. The third-order valence-corrected chi connectivity index (χ3v) is 6.09. The van der Waals surface area contributed by atoms with Crippen molar-refractivity contribution in [3.8, 4) is 0 Å². The van der Waals surface area contributed by atoms with Gasteiger partial charge in [0, 0.05) is 12.6 Å². The summed E-state index contributed by atoms with van der Waals surface area (Å²) in [5, 5.41) is 3.16. The second-order valence-electron chi connectivity index (χ2n) is 8.11. The number of nitrogens with zero attached hydrogens (tertiary/aromatic N) is 1. The van der Waals surface area contributed by atoms with Gasteiger partial charge in [0.25, 0.3) is 0 Å². The fourth-order valence-electron chi connectivity index (χ4n) is 4.19. The van der Waals surface area contributed by atoms with Gasteiger partial charge in [-0.05, 0) is 42.5 Å². The standard InChI is InChI=1S/C25H30ClFN2O2/c26-18-23(30)29(17-16-19-8-4-3-5-9-19)24(20-12-14-21(27)15-13-20)25(31)28-22-10-6-1-2-7-11-22/h3-5,8-9,12-15,22,24H,1-2,6-7,10-11,16-18H2,(H,28,31). The van der Waals surface area contributed by atoms with Gasteiger partial charge in [0.05, 0.1) is 0 Å². The van der Waals surface area contributed by atoms with Gasteiger partial charge >= 0.3 is 0 Å². The molecule has 2 amide bonds. The molecule has 31 heavy (non-hydrogen) atoms. The second kappa shape index (κ2) is 11.8. The summed E-state index contributed by atoms with van der Waals surface area (Å²) in [6.07, 6.45) is 7.01. The van der Waals surface area contributed by atoms with E-state index < -0.39 is 6.04 Å². The molecule has 0 bridgehead atoms. The van der Waals surface area contributed by atoms with Gasteiger partial charge in [-0.3, -0.25) is 9.59 Å². The molecule has 6 heteroatoms. The van der Waals surface area contributed by atoms with Crippen LogP contribution in [0.15, 0.2) is 54.6 Å². The molecule has 2 aromatic rings. The lowest BCUT2D eigenvalue weighted by molar-refractivity contribution is -0.139. The highest BCUT2D eigenvalue weighted by molar-refractivity contribution is 6.27. The Bertz CT molecular complexity index is 836. The maximum atomic E-state index is 13.6. The van der Waals surface area contributed by atoms with Crippen LogP contribution in [0.25, 0.3) is 0 Å². The Hall–Kier alpha value is -2.40. The van der Waals surface area contributed by atoms with Crippen molar-refractivity contribution in [3.63, 3.8) is 0 Å². The van der Waals surface area contributed by atoms with Crippen LogP contribution in [0.4, 0.5) is 4.39 Å². The summed E-state index contributed by atoms with van der Waals surface area (Å²) in [7, 11) is 0. The fourth-order valence-corrected chi connectivity index (χ4v) is 4.34. The van der Waals surface area contributed by atoms with E-state index in [1.807, 2.05) is 30.3 Å². The van der Waals surface area contributed by atoms with E-state index in [-0.39, 0.29) is 29.6 Å². The molecule has 1 aliphatic carbocycles. The average Bonchev–Trinajstić information content (AvgIpc) is 3.06. The molecular weight excluding hydrogens is 415 g/mol. The predicted octanol–water partition coefficient (Wildman–Crippen LogP) is 5.02. The number of hydrogen-bond acceptors (Lipinski definition) is 2. The summed E-state index contributed by atoms with van der Waals surface area (Å²) in [5.41, 5.74) is 1.65. The molecule has 166 valence electrons. The van der Waals surface area contributed by atoms with Gasteiger partial charge in [0.1, 0.15) is 17.7 Å². The Balaban J connectivity index is 1.85. The van der Waals surface area contributed by atoms with E-state index in [9.17, 15) is 14.0 Å². The first-order valence-corrected chi connectivity index (χ1v) is 11.6. The zero-order valence-corrected chi connectivity index (χ0v) is 18.5. The minimum absolute atomic E-state index is 0.0972. The van der Waals surface area contributed by atoms with Gasteiger partial charge in [-0.15, -0.1) is 11.6 Å². The number of hydrogen-bond donors (Lipinski definition) is 1. The third-order valence-electron chi connectivity index (χ3n) is 5.87. The SMILES string of the molecule is O=C(NC1CCCCCC1)C(c1ccc(F)cc1)N(CCc1ccccc1)C(=O)CCl. The monoisotopic (exact) mass is 444 g/mol. The van der Waals surface area contributed by atoms with Crippen LogP contribution in [0, 0.1) is 5.82 Å². The zero-order chi connectivity index (χ0) is 22.1. The molecule has 3 rings (SSSR count). The molecule has 4 nitrogen and oxygen atoms in total. The van der Waals surface area contributed by atoms with E-state index in [4.69, 9.17) is 11.6 Å². The van der Waals surface area contributed by atoms with Crippen LogP contribution >= 0.6 is 11.6 Å². The van der Waals surface area contributed by atoms with Crippen molar-refractivity contribution in [1.29, 1.82) is 0 Å². The van der Waals surface area contributed by atoms with E-state index >= 15 is 0 Å². The summed E-state index contributed by atoms with van der Waals surface area (Å²) in [6.45, 7) is 0.343. The maximum absolute atomic E-state index is 13.6. The minimum Gasteiger partial charge on any atom is -0.351 e. The summed E-state index contributed by atoms with van der Waals surface area (Å²) in [4.78, 5) is 27.8. The Kier molecular flexibility index (Phi) is 8.89. The average molecular weight is 445 g/mol. The molecule has 2 aromatic carbocycles. The number of rotatable bonds is 8. The lowest BCUT2D eigenvalue weighted by atomic mass is 10.0. The van der Waals surface area contributed by atoms with Gasteiger partial charge in [0.2, 0.25) is 11.8 Å². The van der Waals surface area contributed by atoms with Gasteiger partial charge in [-0.1, -0.05) is 68.1 Å². The Morgan fingerprint density at radius 3 is 2.26 bits per heavy atom. The predicted molar refractivity (Wildman–Crippen MR) is 121 cm³/mol. The van der Waals surface area contributed by atoms with Crippen LogP contribution in [0.2, 0.25) is 0 Å². The largest absolute Gasteiger partial charge is 0.351 e. The van der Waals surface area contributed by atoms with Crippen molar-refractivity contribution < 1.29 is 14.0 Å². The molecule has 1 atom stereocenters. The first kappa shape index (κ1) is 23.3. The number of alkyl halides is 1. The molecule has 1 aliphatic rings. The fraction of sp³-hybridized carbons (Fsp3) is 0.440. The van der Waals surface area contributed by atoms with Crippen LogP contribution in [0.5, 0.6) is 0 Å². The van der Waals surface area contributed by atoms with Crippen LogP contribution < -0.4 is 5.32 Å². The van der Waals surface area contributed by atoms with Crippen LogP contribution in [-0.2, 0) is 16.0 Å². The van der Waals surface area contributed by atoms with Crippen LogP contribution in [0.1, 0.15) is 55.7 Å². The molecule has 0 radical (unpaired) electrons. The Labute approximate surface area is 188 Å². The number of amides is 2. The maximum Gasteiger partial charge on any atom is 0.247 e. The molecule has 1 saturated carbocycles. The molecule has 0 aliphatic heterocycles. The molecule has 0 spiro atoms. The number of carbonyl (C=O) groups excluding carboxylic acids is 2. The lowest BCUT2D eigenvalue weighted by Crippen LogP contribution is -2.47. The van der Waals surface area contributed by atoms with E-state index in [0.29, 0.717) is 18.5 Å². The summed E-state index contributed by atoms with van der Waals surface area (Å²) in [5.74, 6) is -1.15. The van der Waals surface area contributed by atoms with Gasteiger partial charge in [-0.25, -0.2) is 4.39 Å². The van der Waals surface area contributed by atoms with Gasteiger partial charge < -0.3 is 10.2 Å². The van der Waals surface area contributed by atoms with Crippen molar-refractivity contribution in [2.75, 3.05) is 12.4 Å². The Morgan fingerprint density at radius 1 is 1.00 bits per heavy atom. The third kappa shape index (κ3) is 6.79. The van der Waals surface area contributed by atoms with E-state index in [1.54, 1.807) is 12.1 Å². The number of halogens is 2. The molecule has 1 N–H and O–H groups in total. The summed E-state index contributed by atoms with van der Waals surface area (Å²) >= 11 is 5.92. The molecule has 1 unspecified atom stereocenters.